The van der Waals surface area contributed by atoms with Crippen LogP contribution in [0.5, 0.6) is 0 Å². The first-order valence-corrected chi connectivity index (χ1v) is 10.2. The average molecular weight is 324 g/mol. The maximum atomic E-state index is 4.16. The third-order valence-electron chi connectivity index (χ3n) is 4.90. The van der Waals surface area contributed by atoms with Crippen LogP contribution in [0, 0.1) is 23.7 Å². The van der Waals surface area contributed by atoms with Crippen LogP contribution >= 0.6 is 0 Å². The van der Waals surface area contributed by atoms with Gasteiger partial charge in [-0.25, -0.2) is 0 Å². The van der Waals surface area contributed by atoms with Gasteiger partial charge in [0.25, 0.3) is 0 Å². The molecule has 1 N–H and O–H groups in total. The van der Waals surface area contributed by atoms with E-state index in [1.165, 1.54) is 57.1 Å². The number of nitrogens with one attached hydrogen (secondary N) is 1. The molecule has 1 nitrogen and oxygen atoms in total. The van der Waals surface area contributed by atoms with E-state index < -0.39 is 0 Å². The topological polar surface area (TPSA) is 12.0 Å². The van der Waals surface area contributed by atoms with Crippen molar-refractivity contribution in [2.24, 2.45) is 23.7 Å². The molecule has 0 heterocycles. The van der Waals surface area contributed by atoms with Gasteiger partial charge in [0.05, 0.1) is 0 Å². The summed E-state index contributed by atoms with van der Waals surface area (Å²) in [5.74, 6) is 3.42. The molecule has 0 aliphatic heterocycles. The molecule has 2 unspecified atom stereocenters. The predicted molar refractivity (Wildman–Crippen MR) is 107 cm³/mol. The molecule has 0 saturated heterocycles. The van der Waals surface area contributed by atoms with Crippen LogP contribution in [0.2, 0.25) is 0 Å². The Morgan fingerprint density at radius 2 is 1.22 bits per heavy atom. The standard InChI is InChI=1S/C22H45N/c1-18(2)14-15-21(6)11-8-10-20(5)12-9-13-22(7)23-17-16-19(3)4/h18-21,23H,7-17H2,1-6H3. The Kier molecular flexibility index (Phi) is 13.7. The molecule has 2 atom stereocenters. The largest absolute Gasteiger partial charge is 0.389 e. The molecule has 0 aromatic rings. The van der Waals surface area contributed by atoms with Crippen molar-refractivity contribution in [3.05, 3.63) is 12.3 Å². The van der Waals surface area contributed by atoms with Gasteiger partial charge in [0.15, 0.2) is 0 Å². The highest BCUT2D eigenvalue weighted by Crippen LogP contribution is 2.21. The van der Waals surface area contributed by atoms with E-state index in [1.807, 2.05) is 0 Å². The summed E-state index contributed by atoms with van der Waals surface area (Å²) in [6.07, 6.45) is 12.1. The van der Waals surface area contributed by atoms with Crippen LogP contribution in [0.25, 0.3) is 0 Å². The number of hydrogen-bond acceptors (Lipinski definition) is 1. The van der Waals surface area contributed by atoms with Crippen molar-refractivity contribution < 1.29 is 0 Å². The average Bonchev–Trinajstić information content (AvgIpc) is 2.44. The molecule has 0 aromatic heterocycles. The summed E-state index contributed by atoms with van der Waals surface area (Å²) in [4.78, 5) is 0. The van der Waals surface area contributed by atoms with E-state index >= 15 is 0 Å². The molecule has 0 aromatic carbocycles. The molecule has 0 rings (SSSR count). The van der Waals surface area contributed by atoms with Gasteiger partial charge < -0.3 is 5.32 Å². The van der Waals surface area contributed by atoms with Crippen molar-refractivity contribution in [3.63, 3.8) is 0 Å². The highest BCUT2D eigenvalue weighted by atomic mass is 14.9. The van der Waals surface area contributed by atoms with Crippen LogP contribution in [-0.2, 0) is 0 Å². The normalized spacial score (nSPS) is 14.3. The Labute approximate surface area is 147 Å². The van der Waals surface area contributed by atoms with Crippen molar-refractivity contribution in [1.82, 2.24) is 5.32 Å². The molecule has 0 radical (unpaired) electrons. The van der Waals surface area contributed by atoms with E-state index in [0.29, 0.717) is 0 Å². The summed E-state index contributed by atoms with van der Waals surface area (Å²) in [6, 6.07) is 0. The van der Waals surface area contributed by atoms with E-state index in [1.54, 1.807) is 0 Å². The quantitative estimate of drug-likeness (QED) is 0.336. The lowest BCUT2D eigenvalue weighted by atomic mass is 9.91. The molecule has 0 fully saturated rings. The van der Waals surface area contributed by atoms with Gasteiger partial charge in [0, 0.05) is 12.2 Å². The minimum Gasteiger partial charge on any atom is -0.389 e. The summed E-state index contributed by atoms with van der Waals surface area (Å²) < 4.78 is 0. The minimum atomic E-state index is 0.776. The highest BCUT2D eigenvalue weighted by molar-refractivity contribution is 4.90. The van der Waals surface area contributed by atoms with Crippen molar-refractivity contribution in [3.8, 4) is 0 Å². The highest BCUT2D eigenvalue weighted by Gasteiger charge is 2.07. The van der Waals surface area contributed by atoms with Gasteiger partial charge in [-0.15, -0.1) is 0 Å². The zero-order valence-corrected chi connectivity index (χ0v) is 17.1. The first kappa shape index (κ1) is 22.5. The lowest BCUT2D eigenvalue weighted by Crippen LogP contribution is -2.15. The van der Waals surface area contributed by atoms with E-state index in [-0.39, 0.29) is 0 Å². The van der Waals surface area contributed by atoms with Crippen LogP contribution in [0.3, 0.4) is 0 Å². The molecular formula is C22H45N. The lowest BCUT2D eigenvalue weighted by molar-refractivity contribution is 0.383. The van der Waals surface area contributed by atoms with Gasteiger partial charge in [-0.1, -0.05) is 86.6 Å². The summed E-state index contributed by atoms with van der Waals surface area (Å²) in [7, 11) is 0. The first-order valence-electron chi connectivity index (χ1n) is 10.2. The molecule has 0 aliphatic carbocycles. The van der Waals surface area contributed by atoms with Crippen molar-refractivity contribution in [2.45, 2.75) is 99.3 Å². The molecule has 0 bridgehead atoms. The van der Waals surface area contributed by atoms with Crippen molar-refractivity contribution in [2.75, 3.05) is 6.54 Å². The minimum absolute atomic E-state index is 0.776. The van der Waals surface area contributed by atoms with E-state index in [2.05, 4.69) is 53.4 Å². The maximum Gasteiger partial charge on any atom is 0.0146 e. The van der Waals surface area contributed by atoms with Gasteiger partial charge in [-0.2, -0.15) is 0 Å². The second-order valence-corrected chi connectivity index (χ2v) is 8.72. The zero-order valence-electron chi connectivity index (χ0n) is 17.1. The molecule has 0 saturated carbocycles. The van der Waals surface area contributed by atoms with Crippen LogP contribution in [0.4, 0.5) is 0 Å². The predicted octanol–water partition coefficient (Wildman–Crippen LogP) is 7.18. The molecule has 23 heavy (non-hydrogen) atoms. The fraction of sp³-hybridized carbons (Fsp3) is 0.909. The van der Waals surface area contributed by atoms with Crippen LogP contribution in [-0.4, -0.2) is 6.54 Å². The van der Waals surface area contributed by atoms with E-state index in [0.717, 1.165) is 36.6 Å². The Bertz CT molecular complexity index is 280. The number of allylic oxidation sites excluding steroid dienone is 1. The van der Waals surface area contributed by atoms with Crippen LogP contribution in [0.15, 0.2) is 12.3 Å². The monoisotopic (exact) mass is 323 g/mol. The number of hydrogen-bond donors (Lipinski definition) is 1. The fourth-order valence-electron chi connectivity index (χ4n) is 3.01. The second-order valence-electron chi connectivity index (χ2n) is 8.72. The lowest BCUT2D eigenvalue weighted by Gasteiger charge is -2.16. The number of rotatable bonds is 15. The van der Waals surface area contributed by atoms with Gasteiger partial charge in [0.2, 0.25) is 0 Å². The Morgan fingerprint density at radius 1 is 0.696 bits per heavy atom. The zero-order chi connectivity index (χ0) is 17.7. The third kappa shape index (κ3) is 16.2. The Hall–Kier alpha value is -0.460. The second kappa shape index (κ2) is 13.9. The van der Waals surface area contributed by atoms with Gasteiger partial charge in [0.1, 0.15) is 0 Å². The first-order chi connectivity index (χ1) is 10.8. The molecule has 0 aliphatic rings. The summed E-state index contributed by atoms with van der Waals surface area (Å²) >= 11 is 0. The Morgan fingerprint density at radius 3 is 1.78 bits per heavy atom. The van der Waals surface area contributed by atoms with Crippen LogP contribution in [0.1, 0.15) is 99.3 Å². The molecule has 0 spiro atoms. The summed E-state index contributed by atoms with van der Waals surface area (Å²) in [5.41, 5.74) is 1.24. The molecule has 138 valence electrons. The SMILES string of the molecule is C=C(CCCC(C)CCCC(C)CCC(C)C)NCCC(C)C. The van der Waals surface area contributed by atoms with E-state index in [4.69, 9.17) is 0 Å². The third-order valence-corrected chi connectivity index (χ3v) is 4.90. The molecule has 1 heteroatoms. The smallest absolute Gasteiger partial charge is 0.0146 e. The molecular weight excluding hydrogens is 278 g/mol. The Balaban J connectivity index is 3.52. The molecule has 0 amide bonds. The summed E-state index contributed by atoms with van der Waals surface area (Å²) in [5, 5.41) is 3.47. The maximum absolute atomic E-state index is 4.16. The van der Waals surface area contributed by atoms with Crippen molar-refractivity contribution >= 4 is 0 Å². The summed E-state index contributed by atoms with van der Waals surface area (Å²) in [6.45, 7) is 19.3. The van der Waals surface area contributed by atoms with Gasteiger partial charge in [-0.05, 0) is 42.9 Å². The van der Waals surface area contributed by atoms with E-state index in [9.17, 15) is 0 Å². The van der Waals surface area contributed by atoms with Gasteiger partial charge >= 0.3 is 0 Å². The van der Waals surface area contributed by atoms with Gasteiger partial charge in [-0.3, -0.25) is 0 Å². The van der Waals surface area contributed by atoms with Crippen molar-refractivity contribution in [1.29, 1.82) is 0 Å². The van der Waals surface area contributed by atoms with Crippen LogP contribution < -0.4 is 5.32 Å². The fourth-order valence-corrected chi connectivity index (χ4v) is 3.01.